The summed E-state index contributed by atoms with van der Waals surface area (Å²) >= 11 is 6.60. The molecule has 1 fully saturated rings. The third kappa shape index (κ3) is 5.65. The van der Waals surface area contributed by atoms with Crippen LogP contribution in [0.25, 0.3) is 0 Å². The van der Waals surface area contributed by atoms with Crippen LogP contribution in [0.5, 0.6) is 5.75 Å². The summed E-state index contributed by atoms with van der Waals surface area (Å²) in [5.41, 5.74) is 1.40. The predicted octanol–water partition coefficient (Wildman–Crippen LogP) is 3.73. The number of nitrogens with one attached hydrogen (secondary N) is 1. The van der Waals surface area contributed by atoms with Crippen LogP contribution < -0.4 is 10.1 Å². The Morgan fingerprint density at radius 3 is 2.76 bits per heavy atom. The van der Waals surface area contributed by atoms with Crippen LogP contribution in [0.15, 0.2) is 35.8 Å². The topological polar surface area (TPSA) is 109 Å². The van der Waals surface area contributed by atoms with E-state index in [-0.39, 0.29) is 12.3 Å². The molecule has 0 bridgehead atoms. The third-order valence-electron chi connectivity index (χ3n) is 5.92. The van der Waals surface area contributed by atoms with E-state index >= 15 is 0 Å². The van der Waals surface area contributed by atoms with Crippen LogP contribution in [-0.4, -0.2) is 50.0 Å². The van der Waals surface area contributed by atoms with Crippen LogP contribution >= 0.6 is 11.6 Å². The predicted molar refractivity (Wildman–Crippen MR) is 124 cm³/mol. The average Bonchev–Trinajstić information content (AvgIpc) is 3.40. The Bertz CT molecular complexity index is 1020. The maximum absolute atomic E-state index is 12.2. The number of hydrogen-bond donors (Lipinski definition) is 2. The molecule has 1 saturated heterocycles. The molecule has 2 aromatic rings. The monoisotopic (exact) mass is 473 g/mol. The number of unbranched alkanes of at least 4 members (excludes halogenated alkanes) is 5. The van der Waals surface area contributed by atoms with Crippen molar-refractivity contribution in [2.24, 2.45) is 4.99 Å². The summed E-state index contributed by atoms with van der Waals surface area (Å²) in [4.78, 5) is 33.5. The largest absolute Gasteiger partial charge is 0.492 e. The number of aliphatic imine (C=N–C) groups is 1. The van der Waals surface area contributed by atoms with Gasteiger partial charge in [-0.2, -0.15) is 0 Å². The molecule has 1 aromatic carbocycles. The highest BCUT2D eigenvalue weighted by atomic mass is 35.5. The van der Waals surface area contributed by atoms with Crippen molar-refractivity contribution in [2.75, 3.05) is 6.61 Å². The number of carboxylic acid groups (broad SMARTS) is 1. The van der Waals surface area contributed by atoms with Crippen LogP contribution in [0.4, 0.5) is 5.69 Å². The van der Waals surface area contributed by atoms with Crippen molar-refractivity contribution in [3.05, 3.63) is 41.4 Å². The Balaban J connectivity index is 1.22. The maximum Gasteiger partial charge on any atom is 0.305 e. The van der Waals surface area contributed by atoms with E-state index in [2.05, 4.69) is 19.9 Å². The zero-order chi connectivity index (χ0) is 23.2. The first kappa shape index (κ1) is 23.1. The quantitative estimate of drug-likeness (QED) is 0.454. The Morgan fingerprint density at radius 1 is 1.21 bits per heavy atom. The van der Waals surface area contributed by atoms with Gasteiger partial charge in [-0.05, 0) is 25.0 Å². The second-order valence-electron chi connectivity index (χ2n) is 8.31. The highest BCUT2D eigenvalue weighted by Crippen LogP contribution is 2.39. The van der Waals surface area contributed by atoms with Crippen molar-refractivity contribution >= 4 is 35.1 Å². The minimum Gasteiger partial charge on any atom is -0.492 e. The summed E-state index contributed by atoms with van der Waals surface area (Å²) in [6, 6.07) is 2.82. The first-order chi connectivity index (χ1) is 16.0. The lowest BCUT2D eigenvalue weighted by Gasteiger charge is -2.28. The number of carbonyl (C=O) groups is 2. The van der Waals surface area contributed by atoms with E-state index in [1.165, 1.54) is 19.3 Å². The Kier molecular flexibility index (Phi) is 7.49. The fourth-order valence-corrected chi connectivity index (χ4v) is 4.42. The summed E-state index contributed by atoms with van der Waals surface area (Å²) in [6.07, 6.45) is 12.1. The molecular weight excluding hydrogens is 446 g/mol. The second kappa shape index (κ2) is 10.7. The van der Waals surface area contributed by atoms with Gasteiger partial charge in [0.2, 0.25) is 11.9 Å². The number of amides is 1. The Morgan fingerprint density at radius 2 is 2.00 bits per heavy atom. The molecule has 1 atom stereocenters. The van der Waals surface area contributed by atoms with Crippen LogP contribution in [0.3, 0.4) is 0 Å². The van der Waals surface area contributed by atoms with Crippen molar-refractivity contribution in [1.29, 1.82) is 0 Å². The van der Waals surface area contributed by atoms with Crippen LogP contribution in [0.1, 0.15) is 50.5 Å². The number of imidazole rings is 1. The molecule has 33 heavy (non-hydrogen) atoms. The SMILES string of the molecule is O=C(O)CC1C(=O)NC2=Nc3ccc(OCCCCCCCCn4ccnc4)c(Cl)c3CN21. The number of carbonyl (C=O) groups excluding carboxylic acids is 1. The number of nitrogens with zero attached hydrogens (tertiary/aromatic N) is 4. The number of aryl methyl sites for hydroxylation is 1. The van der Waals surface area contributed by atoms with E-state index in [1.54, 1.807) is 17.2 Å². The van der Waals surface area contributed by atoms with Gasteiger partial charge in [0.05, 0.1) is 36.6 Å². The Labute approximate surface area is 197 Å². The number of fused-ring (bicyclic) bond motifs is 2. The molecule has 176 valence electrons. The summed E-state index contributed by atoms with van der Waals surface area (Å²) in [5.74, 6) is -0.446. The summed E-state index contributed by atoms with van der Waals surface area (Å²) in [7, 11) is 0. The number of benzene rings is 1. The lowest BCUT2D eigenvalue weighted by molar-refractivity contribution is -0.140. The highest BCUT2D eigenvalue weighted by molar-refractivity contribution is 6.33. The summed E-state index contributed by atoms with van der Waals surface area (Å²) in [5, 5.41) is 12.2. The molecule has 1 aromatic heterocycles. The number of hydrogen-bond acceptors (Lipinski definition) is 6. The summed E-state index contributed by atoms with van der Waals surface area (Å²) in [6.45, 7) is 1.90. The number of aliphatic carboxylic acids is 1. The number of ether oxygens (including phenoxy) is 1. The minimum absolute atomic E-state index is 0.294. The molecule has 0 spiro atoms. The van der Waals surface area contributed by atoms with E-state index in [9.17, 15) is 9.59 Å². The van der Waals surface area contributed by atoms with Gasteiger partial charge in [0, 0.05) is 24.5 Å². The Hall–Kier alpha value is -3.07. The fourth-order valence-electron chi connectivity index (χ4n) is 4.15. The molecule has 10 heteroatoms. The molecule has 1 unspecified atom stereocenters. The number of rotatable bonds is 12. The lowest BCUT2D eigenvalue weighted by Crippen LogP contribution is -2.38. The van der Waals surface area contributed by atoms with E-state index in [0.29, 0.717) is 35.6 Å². The van der Waals surface area contributed by atoms with Gasteiger partial charge >= 0.3 is 5.97 Å². The molecule has 9 nitrogen and oxygen atoms in total. The maximum atomic E-state index is 12.2. The molecule has 1 amide bonds. The molecule has 0 aliphatic carbocycles. The zero-order valence-corrected chi connectivity index (χ0v) is 19.1. The molecular formula is C23H28ClN5O4. The van der Waals surface area contributed by atoms with E-state index < -0.39 is 12.0 Å². The molecule has 2 N–H and O–H groups in total. The van der Waals surface area contributed by atoms with Gasteiger partial charge < -0.3 is 19.3 Å². The molecule has 4 rings (SSSR count). The van der Waals surface area contributed by atoms with Gasteiger partial charge in [-0.15, -0.1) is 0 Å². The highest BCUT2D eigenvalue weighted by Gasteiger charge is 2.40. The fraction of sp³-hybridized carbons (Fsp3) is 0.478. The van der Waals surface area contributed by atoms with Gasteiger partial charge in [-0.25, -0.2) is 9.98 Å². The van der Waals surface area contributed by atoms with Crippen LogP contribution in [-0.2, 0) is 22.7 Å². The van der Waals surface area contributed by atoms with Crippen molar-refractivity contribution < 1.29 is 19.4 Å². The normalized spacial score (nSPS) is 16.8. The van der Waals surface area contributed by atoms with Crippen LogP contribution in [0.2, 0.25) is 5.02 Å². The molecule has 3 heterocycles. The first-order valence-electron chi connectivity index (χ1n) is 11.3. The van der Waals surface area contributed by atoms with E-state index in [4.69, 9.17) is 21.4 Å². The van der Waals surface area contributed by atoms with Gasteiger partial charge in [0.25, 0.3) is 0 Å². The number of aromatic nitrogens is 2. The van der Waals surface area contributed by atoms with Crippen molar-refractivity contribution in [3.8, 4) is 5.75 Å². The van der Waals surface area contributed by atoms with Crippen LogP contribution in [0, 0.1) is 0 Å². The van der Waals surface area contributed by atoms with Crippen molar-refractivity contribution in [3.63, 3.8) is 0 Å². The molecule has 0 radical (unpaired) electrons. The first-order valence-corrected chi connectivity index (χ1v) is 11.7. The standard InChI is InChI=1S/C23H28ClN5O4/c24-21-16-14-29-18(13-20(30)31)22(32)27-23(29)26-17(16)7-8-19(21)33-12-6-4-2-1-3-5-10-28-11-9-25-15-28/h7-9,11,15,18H,1-6,10,12-14H2,(H,30,31)(H,26,27,32). The number of guanidine groups is 1. The van der Waals surface area contributed by atoms with E-state index in [0.717, 1.165) is 31.4 Å². The van der Waals surface area contributed by atoms with Gasteiger partial charge in [0.1, 0.15) is 11.8 Å². The van der Waals surface area contributed by atoms with Crippen molar-refractivity contribution in [1.82, 2.24) is 19.8 Å². The molecule has 2 aliphatic rings. The number of halogens is 1. The zero-order valence-electron chi connectivity index (χ0n) is 18.4. The third-order valence-corrected chi connectivity index (χ3v) is 6.33. The van der Waals surface area contributed by atoms with Gasteiger partial charge in [-0.3, -0.25) is 14.9 Å². The second-order valence-corrected chi connectivity index (χ2v) is 8.69. The van der Waals surface area contributed by atoms with E-state index in [1.807, 2.05) is 18.6 Å². The van der Waals surface area contributed by atoms with Crippen molar-refractivity contribution in [2.45, 2.75) is 64.1 Å². The van der Waals surface area contributed by atoms with Gasteiger partial charge in [-0.1, -0.05) is 37.3 Å². The lowest BCUT2D eigenvalue weighted by atomic mass is 10.1. The van der Waals surface area contributed by atoms with Gasteiger partial charge in [0.15, 0.2) is 0 Å². The number of carboxylic acids is 1. The average molecular weight is 474 g/mol. The molecule has 2 aliphatic heterocycles. The molecule has 0 saturated carbocycles. The smallest absolute Gasteiger partial charge is 0.305 e. The summed E-state index contributed by atoms with van der Waals surface area (Å²) < 4.78 is 8.02. The minimum atomic E-state index is -1.04.